The largest absolute Gasteiger partial charge is 0.861 e. The minimum absolute atomic E-state index is 0.0241. The number of anilines is 1. The molecule has 0 N–H and O–H groups in total. The first-order valence-corrected chi connectivity index (χ1v) is 11.6. The molecule has 0 saturated carbocycles. The lowest BCUT2D eigenvalue weighted by atomic mass is 10.2. The number of aliphatic imine (C=N–C) groups is 2. The number of thioether (sulfide) groups is 1. The number of nitrogens with zero attached hydrogens (tertiary/aromatic N) is 6. The number of amides is 1. The van der Waals surface area contributed by atoms with Crippen LogP contribution in [0.3, 0.4) is 0 Å². The average molecular weight is 527 g/mol. The summed E-state index contributed by atoms with van der Waals surface area (Å²) in [6.45, 7) is 0. The Morgan fingerprint density at radius 2 is 1.97 bits per heavy atom. The van der Waals surface area contributed by atoms with Gasteiger partial charge in [-0.3, -0.25) is 14.2 Å². The van der Waals surface area contributed by atoms with Gasteiger partial charge < -0.3 is 5.11 Å². The molecule has 0 saturated heterocycles. The SMILES string of the molecule is CN(C)[n+]1cc(/N=C(/[O-])CSC2=N/C(=C/c3ccc(Br)cc3)C(=O)N2c2ccccc2)on1. The molecule has 33 heavy (non-hydrogen) atoms. The Balaban J connectivity index is 1.57. The van der Waals surface area contributed by atoms with Gasteiger partial charge in [0.25, 0.3) is 12.1 Å². The highest BCUT2D eigenvalue weighted by Gasteiger charge is 2.31. The Morgan fingerprint density at radius 3 is 2.64 bits per heavy atom. The van der Waals surface area contributed by atoms with Crippen molar-refractivity contribution in [2.45, 2.75) is 0 Å². The molecule has 168 valence electrons. The van der Waals surface area contributed by atoms with Gasteiger partial charge >= 0.3 is 5.88 Å². The van der Waals surface area contributed by atoms with Crippen molar-refractivity contribution < 1.29 is 19.2 Å². The van der Waals surface area contributed by atoms with Crippen molar-refractivity contribution in [2.24, 2.45) is 9.98 Å². The van der Waals surface area contributed by atoms with Crippen molar-refractivity contribution in [1.29, 1.82) is 0 Å². The van der Waals surface area contributed by atoms with Gasteiger partial charge in [-0.05, 0) is 41.8 Å². The van der Waals surface area contributed by atoms with E-state index in [9.17, 15) is 9.90 Å². The summed E-state index contributed by atoms with van der Waals surface area (Å²) < 4.78 is 5.98. The first-order valence-electron chi connectivity index (χ1n) is 9.80. The van der Waals surface area contributed by atoms with Crippen LogP contribution in [-0.4, -0.2) is 42.1 Å². The minimum Gasteiger partial charge on any atom is -0.861 e. The van der Waals surface area contributed by atoms with Crippen LogP contribution < -0.4 is 19.8 Å². The molecule has 1 aromatic heterocycles. The van der Waals surface area contributed by atoms with Crippen LogP contribution >= 0.6 is 27.7 Å². The number of rotatable bonds is 6. The number of carbonyl (C=O) groups is 1. The molecular weight excluding hydrogens is 508 g/mol. The normalized spacial score (nSPS) is 15.3. The summed E-state index contributed by atoms with van der Waals surface area (Å²) in [5, 5.41) is 18.2. The molecular formula is C22H19BrN6O3S. The molecule has 1 amide bonds. The number of hydrogen-bond acceptors (Lipinski definition) is 8. The Hall–Kier alpha value is -3.44. The Bertz CT molecular complexity index is 1240. The lowest BCUT2D eigenvalue weighted by Crippen LogP contribution is -2.53. The molecule has 0 radical (unpaired) electrons. The van der Waals surface area contributed by atoms with Gasteiger partial charge in [-0.2, -0.15) is 5.01 Å². The van der Waals surface area contributed by atoms with Gasteiger partial charge in [0.05, 0.1) is 24.6 Å². The van der Waals surface area contributed by atoms with Crippen LogP contribution in [0.25, 0.3) is 6.08 Å². The number of hydrogen-bond donors (Lipinski definition) is 0. The molecule has 2 heterocycles. The lowest BCUT2D eigenvalue weighted by molar-refractivity contribution is -0.753. The number of aromatic nitrogens is 2. The molecule has 1 aliphatic heterocycles. The standard InChI is InChI=1S/C22H19BrN6O3S/c1-27(2)28-13-20(32-26-28)25-19(30)14-33-22-24-18(12-15-8-10-16(23)11-9-15)21(31)29(22)17-6-4-3-5-7-17/h3-13H,14H2,1-2H3/b18-12+. The summed E-state index contributed by atoms with van der Waals surface area (Å²) in [4.78, 5) is 24.5. The first kappa shape index (κ1) is 22.7. The van der Waals surface area contributed by atoms with Crippen LogP contribution in [0.15, 0.2) is 85.5 Å². The van der Waals surface area contributed by atoms with E-state index in [4.69, 9.17) is 4.52 Å². The van der Waals surface area contributed by atoms with Gasteiger partial charge in [0.15, 0.2) is 5.17 Å². The van der Waals surface area contributed by atoms with Crippen LogP contribution in [-0.2, 0) is 4.79 Å². The van der Waals surface area contributed by atoms with Crippen molar-refractivity contribution in [3.8, 4) is 0 Å². The third-order valence-corrected chi connectivity index (χ3v) is 5.88. The number of halogens is 1. The smallest absolute Gasteiger partial charge is 0.324 e. The Kier molecular flexibility index (Phi) is 6.90. The van der Waals surface area contributed by atoms with E-state index in [0.29, 0.717) is 10.9 Å². The molecule has 11 heteroatoms. The van der Waals surface area contributed by atoms with E-state index < -0.39 is 5.90 Å². The quantitative estimate of drug-likeness (QED) is 0.211. The molecule has 0 bridgehead atoms. The Labute approximate surface area is 202 Å². The van der Waals surface area contributed by atoms with Gasteiger partial charge in [0, 0.05) is 10.2 Å². The fourth-order valence-electron chi connectivity index (χ4n) is 2.86. The summed E-state index contributed by atoms with van der Waals surface area (Å²) in [7, 11) is 3.55. The fraction of sp³-hybridized carbons (Fsp3) is 0.136. The molecule has 4 rings (SSSR count). The zero-order chi connectivity index (χ0) is 23.4. The van der Waals surface area contributed by atoms with Gasteiger partial charge in [0.2, 0.25) is 5.27 Å². The van der Waals surface area contributed by atoms with Crippen molar-refractivity contribution in [1.82, 2.24) is 5.27 Å². The van der Waals surface area contributed by atoms with E-state index in [1.165, 1.54) is 15.9 Å². The Morgan fingerprint density at radius 1 is 1.24 bits per heavy atom. The van der Waals surface area contributed by atoms with Crippen molar-refractivity contribution in [3.63, 3.8) is 0 Å². The van der Waals surface area contributed by atoms with E-state index in [0.717, 1.165) is 21.8 Å². The van der Waals surface area contributed by atoms with Crippen molar-refractivity contribution in [2.75, 3.05) is 29.8 Å². The first-order chi connectivity index (χ1) is 15.9. The molecule has 0 spiro atoms. The summed E-state index contributed by atoms with van der Waals surface area (Å²) in [6, 6.07) is 16.7. The summed E-state index contributed by atoms with van der Waals surface area (Å²) >= 11 is 4.54. The highest BCUT2D eigenvalue weighted by molar-refractivity contribution is 9.10. The van der Waals surface area contributed by atoms with Crippen LogP contribution in [0, 0.1) is 0 Å². The lowest BCUT2D eigenvalue weighted by Gasteiger charge is -2.18. The van der Waals surface area contributed by atoms with Gasteiger partial charge in [-0.15, -0.1) is 0 Å². The highest BCUT2D eigenvalue weighted by Crippen LogP contribution is 2.29. The summed E-state index contributed by atoms with van der Waals surface area (Å²) in [5.74, 6) is -0.632. The molecule has 3 aromatic rings. The zero-order valence-electron chi connectivity index (χ0n) is 17.8. The van der Waals surface area contributed by atoms with Gasteiger partial charge in [-0.1, -0.05) is 58.0 Å². The van der Waals surface area contributed by atoms with E-state index in [1.54, 1.807) is 25.2 Å². The van der Waals surface area contributed by atoms with Gasteiger partial charge in [0.1, 0.15) is 5.70 Å². The van der Waals surface area contributed by atoms with E-state index >= 15 is 0 Å². The summed E-state index contributed by atoms with van der Waals surface area (Å²) in [6.07, 6.45) is 3.22. The second kappa shape index (κ2) is 10.0. The molecule has 2 aromatic carbocycles. The predicted molar refractivity (Wildman–Crippen MR) is 130 cm³/mol. The molecule has 0 atom stereocenters. The van der Waals surface area contributed by atoms with Crippen molar-refractivity contribution >= 4 is 62.3 Å². The van der Waals surface area contributed by atoms with Crippen LogP contribution in [0.4, 0.5) is 11.6 Å². The molecule has 1 aliphatic rings. The monoisotopic (exact) mass is 526 g/mol. The third-order valence-electron chi connectivity index (χ3n) is 4.43. The van der Waals surface area contributed by atoms with Crippen LogP contribution in [0.2, 0.25) is 0 Å². The van der Waals surface area contributed by atoms with Crippen molar-refractivity contribution in [3.05, 3.63) is 76.5 Å². The highest BCUT2D eigenvalue weighted by atomic mass is 79.9. The van der Waals surface area contributed by atoms with Crippen LogP contribution in [0.5, 0.6) is 0 Å². The fourth-order valence-corrected chi connectivity index (χ4v) is 3.93. The van der Waals surface area contributed by atoms with Crippen LogP contribution in [0.1, 0.15) is 5.56 Å². The number of amidine groups is 1. The maximum absolute atomic E-state index is 13.2. The second-order valence-electron chi connectivity index (χ2n) is 7.05. The van der Waals surface area contributed by atoms with Gasteiger partial charge in [-0.25, -0.2) is 9.98 Å². The minimum atomic E-state index is -0.435. The molecule has 0 fully saturated rings. The van der Waals surface area contributed by atoms with E-state index in [2.05, 4.69) is 31.2 Å². The number of para-hydroxylation sites is 1. The average Bonchev–Trinajstić information content (AvgIpc) is 3.39. The molecule has 0 unspecified atom stereocenters. The maximum Gasteiger partial charge on any atom is 0.324 e. The topological polar surface area (TPSA) is 101 Å². The molecule has 9 nitrogen and oxygen atoms in total. The van der Waals surface area contributed by atoms with E-state index in [1.807, 2.05) is 54.6 Å². The predicted octanol–water partition coefficient (Wildman–Crippen LogP) is 2.49. The maximum atomic E-state index is 13.2. The zero-order valence-corrected chi connectivity index (χ0v) is 20.2. The number of carbonyl (C=O) groups excluding carboxylic acids is 1. The second-order valence-corrected chi connectivity index (χ2v) is 8.91. The van der Waals surface area contributed by atoms with E-state index in [-0.39, 0.29) is 23.2 Å². The number of benzene rings is 2. The third kappa shape index (κ3) is 5.49. The summed E-state index contributed by atoms with van der Waals surface area (Å²) in [5.41, 5.74) is 1.80. The molecule has 0 aliphatic carbocycles.